The standard InChI is InChI=1S/C21H29FO3/c1-20-6-5-16-14(17(20)8-13(23)9-20)4-3-12-7-18(24)15(19(25)11-22)10-21(12,16)2/h10,12,14,16-18,24H,3-9,11H2,1-2H3/t12?,14-,16-,17+,18?,20-,21+/m1/s1. The normalized spacial score (nSPS) is 49.0. The molecule has 4 aliphatic carbocycles. The van der Waals surface area contributed by atoms with Crippen molar-refractivity contribution in [2.24, 2.45) is 34.5 Å². The lowest BCUT2D eigenvalue weighted by molar-refractivity contribution is -0.119. The lowest BCUT2D eigenvalue weighted by Crippen LogP contribution is -2.52. The highest BCUT2D eigenvalue weighted by atomic mass is 19.1. The van der Waals surface area contributed by atoms with E-state index in [0.717, 1.165) is 32.1 Å². The molecule has 0 amide bonds. The molecule has 0 heterocycles. The molecule has 7 atom stereocenters. The highest BCUT2D eigenvalue weighted by Gasteiger charge is 2.59. The number of hydrogen-bond acceptors (Lipinski definition) is 3. The van der Waals surface area contributed by atoms with Crippen LogP contribution < -0.4 is 0 Å². The minimum absolute atomic E-state index is 0.150. The Morgan fingerprint density at radius 1 is 1.28 bits per heavy atom. The second-order valence-corrected chi connectivity index (χ2v) is 9.54. The molecule has 4 rings (SSSR count). The Hall–Kier alpha value is -1.03. The van der Waals surface area contributed by atoms with Gasteiger partial charge in [0, 0.05) is 18.4 Å². The Kier molecular flexibility index (Phi) is 3.99. The number of hydrogen-bond donors (Lipinski definition) is 1. The van der Waals surface area contributed by atoms with Crippen LogP contribution in [-0.4, -0.2) is 29.5 Å². The molecular weight excluding hydrogens is 319 g/mol. The van der Waals surface area contributed by atoms with E-state index in [1.807, 2.05) is 6.08 Å². The summed E-state index contributed by atoms with van der Waals surface area (Å²) in [6, 6.07) is 0. The molecule has 3 saturated carbocycles. The number of ketones is 2. The Bertz CT molecular complexity index is 641. The Morgan fingerprint density at radius 2 is 2.04 bits per heavy atom. The van der Waals surface area contributed by atoms with Crippen molar-refractivity contribution in [2.45, 2.75) is 64.9 Å². The molecule has 4 heteroatoms. The Labute approximate surface area is 149 Å². The third kappa shape index (κ3) is 2.47. The van der Waals surface area contributed by atoms with E-state index in [4.69, 9.17) is 0 Å². The summed E-state index contributed by atoms with van der Waals surface area (Å²) in [6.45, 7) is 3.46. The van der Waals surface area contributed by atoms with Crippen LogP contribution >= 0.6 is 0 Å². The number of allylic oxidation sites excluding steroid dienone is 1. The molecule has 0 bridgehead atoms. The van der Waals surface area contributed by atoms with Crippen LogP contribution in [-0.2, 0) is 9.59 Å². The molecule has 2 unspecified atom stereocenters. The van der Waals surface area contributed by atoms with Crippen LogP contribution in [0.3, 0.4) is 0 Å². The van der Waals surface area contributed by atoms with Crippen LogP contribution in [0.25, 0.3) is 0 Å². The maximum Gasteiger partial charge on any atom is 0.192 e. The van der Waals surface area contributed by atoms with Gasteiger partial charge in [-0.05, 0) is 66.6 Å². The third-order valence-electron chi connectivity index (χ3n) is 8.31. The SMILES string of the molecule is C[C@]12CC[C@@H]3[C@@H](CCC4CC(O)C(C(=O)CF)=C[C@@]43C)[C@@H]1CC(=O)C2. The topological polar surface area (TPSA) is 54.4 Å². The van der Waals surface area contributed by atoms with Gasteiger partial charge >= 0.3 is 0 Å². The number of aliphatic hydroxyl groups is 1. The zero-order chi connectivity index (χ0) is 18.0. The minimum Gasteiger partial charge on any atom is -0.388 e. The lowest BCUT2D eigenvalue weighted by atomic mass is 9.46. The zero-order valence-corrected chi connectivity index (χ0v) is 15.3. The van der Waals surface area contributed by atoms with Gasteiger partial charge in [0.15, 0.2) is 12.5 Å². The Balaban J connectivity index is 1.70. The molecule has 1 N–H and O–H groups in total. The third-order valence-corrected chi connectivity index (χ3v) is 8.31. The summed E-state index contributed by atoms with van der Waals surface area (Å²) in [5, 5.41) is 10.3. The van der Waals surface area contributed by atoms with Gasteiger partial charge in [-0.1, -0.05) is 19.9 Å². The van der Waals surface area contributed by atoms with Crippen LogP contribution in [0.1, 0.15) is 58.8 Å². The fraction of sp³-hybridized carbons (Fsp3) is 0.810. The number of rotatable bonds is 2. The van der Waals surface area contributed by atoms with Gasteiger partial charge in [0.2, 0.25) is 0 Å². The van der Waals surface area contributed by atoms with Crippen molar-refractivity contribution < 1.29 is 19.1 Å². The van der Waals surface area contributed by atoms with E-state index in [0.29, 0.717) is 42.3 Å². The largest absolute Gasteiger partial charge is 0.388 e. The van der Waals surface area contributed by atoms with Gasteiger partial charge in [0.1, 0.15) is 5.78 Å². The molecule has 0 saturated heterocycles. The zero-order valence-electron chi connectivity index (χ0n) is 15.3. The van der Waals surface area contributed by atoms with Crippen molar-refractivity contribution in [3.8, 4) is 0 Å². The summed E-state index contributed by atoms with van der Waals surface area (Å²) in [5.41, 5.74) is 0.282. The van der Waals surface area contributed by atoms with E-state index in [2.05, 4.69) is 13.8 Å². The van der Waals surface area contributed by atoms with Crippen LogP contribution in [0.15, 0.2) is 11.6 Å². The van der Waals surface area contributed by atoms with Crippen molar-refractivity contribution >= 4 is 11.6 Å². The number of carbonyl (C=O) groups is 2. The van der Waals surface area contributed by atoms with Gasteiger partial charge in [0.05, 0.1) is 6.10 Å². The molecular formula is C21H29FO3. The molecule has 0 aliphatic heterocycles. The maximum absolute atomic E-state index is 13.0. The number of fused-ring (bicyclic) bond motifs is 5. The molecule has 25 heavy (non-hydrogen) atoms. The predicted octanol–water partition coefficient (Wildman–Crippen LogP) is 3.64. The van der Waals surface area contributed by atoms with Crippen LogP contribution in [0.5, 0.6) is 0 Å². The van der Waals surface area contributed by atoms with Crippen LogP contribution in [0.4, 0.5) is 4.39 Å². The first-order chi connectivity index (χ1) is 11.8. The smallest absolute Gasteiger partial charge is 0.192 e. The fourth-order valence-electron chi connectivity index (χ4n) is 7.02. The molecule has 138 valence electrons. The maximum atomic E-state index is 13.0. The van der Waals surface area contributed by atoms with E-state index in [9.17, 15) is 19.1 Å². The number of halogens is 1. The van der Waals surface area contributed by atoms with Gasteiger partial charge in [-0.3, -0.25) is 9.59 Å². The van der Waals surface area contributed by atoms with Crippen LogP contribution in [0, 0.1) is 34.5 Å². The van der Waals surface area contributed by atoms with Crippen molar-refractivity contribution in [1.29, 1.82) is 0 Å². The molecule has 3 fully saturated rings. The summed E-state index contributed by atoms with van der Waals surface area (Å²) in [5.74, 6) is 1.60. The summed E-state index contributed by atoms with van der Waals surface area (Å²) >= 11 is 0. The first kappa shape index (κ1) is 17.4. The molecule has 0 aromatic carbocycles. The summed E-state index contributed by atoms with van der Waals surface area (Å²) in [4.78, 5) is 24.1. The average molecular weight is 348 g/mol. The second kappa shape index (κ2) is 5.73. The Morgan fingerprint density at radius 3 is 2.76 bits per heavy atom. The van der Waals surface area contributed by atoms with E-state index in [1.165, 1.54) is 0 Å². The minimum atomic E-state index is -1.03. The molecule has 0 aromatic heterocycles. The molecule has 3 nitrogen and oxygen atoms in total. The number of carbonyl (C=O) groups excluding carboxylic acids is 2. The van der Waals surface area contributed by atoms with Gasteiger partial charge in [0.25, 0.3) is 0 Å². The fourth-order valence-corrected chi connectivity index (χ4v) is 7.02. The predicted molar refractivity (Wildman–Crippen MR) is 92.6 cm³/mol. The molecule has 0 aromatic rings. The molecule has 4 aliphatic rings. The van der Waals surface area contributed by atoms with E-state index in [-0.39, 0.29) is 16.4 Å². The first-order valence-electron chi connectivity index (χ1n) is 9.80. The highest BCUT2D eigenvalue weighted by Crippen LogP contribution is 2.65. The second-order valence-electron chi connectivity index (χ2n) is 9.54. The van der Waals surface area contributed by atoms with E-state index in [1.54, 1.807) is 0 Å². The number of Topliss-reactive ketones (excluding diaryl/α,β-unsaturated/α-hetero) is 2. The summed E-state index contributed by atoms with van der Waals surface area (Å²) < 4.78 is 13.0. The van der Waals surface area contributed by atoms with E-state index >= 15 is 0 Å². The van der Waals surface area contributed by atoms with E-state index < -0.39 is 18.6 Å². The first-order valence-corrected chi connectivity index (χ1v) is 9.80. The van der Waals surface area contributed by atoms with Gasteiger partial charge in [-0.2, -0.15) is 0 Å². The summed E-state index contributed by atoms with van der Waals surface area (Å²) in [6.07, 6.45) is 7.40. The monoisotopic (exact) mass is 348 g/mol. The lowest BCUT2D eigenvalue weighted by Gasteiger charge is -2.59. The van der Waals surface area contributed by atoms with Gasteiger partial charge < -0.3 is 5.11 Å². The number of aliphatic hydroxyl groups excluding tert-OH is 1. The average Bonchev–Trinajstić information content (AvgIpc) is 2.88. The van der Waals surface area contributed by atoms with Crippen molar-refractivity contribution in [3.05, 3.63) is 11.6 Å². The van der Waals surface area contributed by atoms with Crippen molar-refractivity contribution in [2.75, 3.05) is 6.67 Å². The van der Waals surface area contributed by atoms with Crippen molar-refractivity contribution in [1.82, 2.24) is 0 Å². The molecule has 0 radical (unpaired) electrons. The highest BCUT2D eigenvalue weighted by molar-refractivity contribution is 5.97. The summed E-state index contributed by atoms with van der Waals surface area (Å²) in [7, 11) is 0. The quantitative estimate of drug-likeness (QED) is 0.829. The number of alkyl halides is 1. The van der Waals surface area contributed by atoms with Crippen molar-refractivity contribution in [3.63, 3.8) is 0 Å². The van der Waals surface area contributed by atoms with Gasteiger partial charge in [-0.15, -0.1) is 0 Å². The van der Waals surface area contributed by atoms with Gasteiger partial charge in [-0.25, -0.2) is 4.39 Å². The van der Waals surface area contributed by atoms with Crippen LogP contribution in [0.2, 0.25) is 0 Å². The molecule has 0 spiro atoms.